The zero-order valence-corrected chi connectivity index (χ0v) is 11.2. The number of hydrogen-bond acceptors (Lipinski definition) is 2. The minimum absolute atomic E-state index is 0.123. The molecule has 18 heavy (non-hydrogen) atoms. The van der Waals surface area contributed by atoms with Crippen molar-refractivity contribution in [3.63, 3.8) is 0 Å². The van der Waals surface area contributed by atoms with Gasteiger partial charge in [-0.25, -0.2) is 8.78 Å². The Kier molecular flexibility index (Phi) is 4.06. The Morgan fingerprint density at radius 2 is 2.00 bits per heavy atom. The summed E-state index contributed by atoms with van der Waals surface area (Å²) in [6.07, 6.45) is 0.313. The van der Waals surface area contributed by atoms with Crippen molar-refractivity contribution in [1.82, 2.24) is 0 Å². The largest absolute Gasteiger partial charge is 0.481 e. The molecule has 1 rings (SSSR count). The quantitative estimate of drug-likeness (QED) is 0.802. The topological polar surface area (TPSA) is 57.5 Å². The van der Waals surface area contributed by atoms with E-state index < -0.39 is 22.9 Å². The number of halogens is 2. The standard InChI is InChI=1S/C13H22F2O3/c1-4-12(18,11(2,3)10(16)17)7-9-5-6-13(14,15)8-9/h9,18H,4-8H2,1-3H3,(H,16,17). The van der Waals surface area contributed by atoms with Gasteiger partial charge in [-0.2, -0.15) is 0 Å². The van der Waals surface area contributed by atoms with E-state index in [0.29, 0.717) is 6.42 Å². The molecular formula is C13H22F2O3. The van der Waals surface area contributed by atoms with Gasteiger partial charge in [0.25, 0.3) is 0 Å². The highest BCUT2D eigenvalue weighted by Crippen LogP contribution is 2.46. The molecule has 0 radical (unpaired) electrons. The Labute approximate surface area is 106 Å². The summed E-state index contributed by atoms with van der Waals surface area (Å²) < 4.78 is 26.3. The maximum atomic E-state index is 13.1. The summed E-state index contributed by atoms with van der Waals surface area (Å²) in [5, 5.41) is 19.7. The van der Waals surface area contributed by atoms with E-state index in [1.165, 1.54) is 13.8 Å². The van der Waals surface area contributed by atoms with Gasteiger partial charge in [-0.05, 0) is 39.0 Å². The lowest BCUT2D eigenvalue weighted by molar-refractivity contribution is -0.168. The average molecular weight is 264 g/mol. The van der Waals surface area contributed by atoms with E-state index in [2.05, 4.69) is 0 Å². The van der Waals surface area contributed by atoms with Crippen LogP contribution in [0.1, 0.15) is 52.9 Å². The molecule has 0 aliphatic heterocycles. The van der Waals surface area contributed by atoms with Gasteiger partial charge in [-0.3, -0.25) is 4.79 Å². The number of aliphatic carboxylic acids is 1. The summed E-state index contributed by atoms with van der Waals surface area (Å²) >= 11 is 0. The van der Waals surface area contributed by atoms with Crippen LogP contribution in [0.25, 0.3) is 0 Å². The Morgan fingerprint density at radius 1 is 1.44 bits per heavy atom. The van der Waals surface area contributed by atoms with Gasteiger partial charge in [0.15, 0.2) is 0 Å². The van der Waals surface area contributed by atoms with Crippen LogP contribution in [0.15, 0.2) is 0 Å². The second-order valence-electron chi connectivity index (χ2n) is 5.98. The predicted molar refractivity (Wildman–Crippen MR) is 63.6 cm³/mol. The Balaban J connectivity index is 2.81. The number of carboxylic acid groups (broad SMARTS) is 1. The van der Waals surface area contributed by atoms with E-state index in [0.717, 1.165) is 0 Å². The van der Waals surface area contributed by atoms with E-state index in [4.69, 9.17) is 0 Å². The molecule has 0 aromatic heterocycles. The first-order valence-electron chi connectivity index (χ1n) is 6.38. The summed E-state index contributed by atoms with van der Waals surface area (Å²) in [7, 11) is 0. The molecule has 1 aliphatic carbocycles. The fourth-order valence-corrected chi connectivity index (χ4v) is 2.73. The highest BCUT2D eigenvalue weighted by Gasteiger charge is 2.51. The van der Waals surface area contributed by atoms with Crippen LogP contribution in [0.2, 0.25) is 0 Å². The maximum Gasteiger partial charge on any atom is 0.312 e. The van der Waals surface area contributed by atoms with Crippen LogP contribution >= 0.6 is 0 Å². The van der Waals surface area contributed by atoms with Gasteiger partial charge in [0, 0.05) is 12.8 Å². The van der Waals surface area contributed by atoms with E-state index in [-0.39, 0.29) is 31.6 Å². The molecule has 0 heterocycles. The molecule has 0 spiro atoms. The SMILES string of the molecule is CCC(O)(CC1CCC(F)(F)C1)C(C)(C)C(=O)O. The van der Waals surface area contributed by atoms with Crippen LogP contribution in [0.3, 0.4) is 0 Å². The molecule has 0 aromatic carbocycles. The second-order valence-corrected chi connectivity index (χ2v) is 5.98. The second kappa shape index (κ2) is 4.76. The molecule has 1 saturated carbocycles. The monoisotopic (exact) mass is 264 g/mol. The number of carboxylic acids is 1. The van der Waals surface area contributed by atoms with E-state index in [9.17, 15) is 23.8 Å². The van der Waals surface area contributed by atoms with Gasteiger partial charge in [0.1, 0.15) is 0 Å². The lowest BCUT2D eigenvalue weighted by Crippen LogP contribution is -2.50. The first-order valence-corrected chi connectivity index (χ1v) is 6.38. The Hall–Kier alpha value is -0.710. The van der Waals surface area contributed by atoms with Crippen molar-refractivity contribution >= 4 is 5.97 Å². The summed E-state index contributed by atoms with van der Waals surface area (Å²) in [5.74, 6) is -4.06. The molecule has 1 fully saturated rings. The third-order valence-corrected chi connectivity index (χ3v) is 4.41. The molecule has 5 heteroatoms. The van der Waals surface area contributed by atoms with Crippen LogP contribution in [0, 0.1) is 11.3 Å². The van der Waals surface area contributed by atoms with Gasteiger partial charge < -0.3 is 10.2 Å². The molecule has 3 nitrogen and oxygen atoms in total. The molecule has 2 unspecified atom stereocenters. The first-order chi connectivity index (χ1) is 8.04. The van der Waals surface area contributed by atoms with Gasteiger partial charge in [0.05, 0.1) is 11.0 Å². The minimum Gasteiger partial charge on any atom is -0.481 e. The van der Waals surface area contributed by atoms with Crippen molar-refractivity contribution in [2.24, 2.45) is 11.3 Å². The Morgan fingerprint density at radius 3 is 2.33 bits per heavy atom. The number of hydrogen-bond donors (Lipinski definition) is 2. The maximum absolute atomic E-state index is 13.1. The summed E-state index contributed by atoms with van der Waals surface area (Å²) in [5.41, 5.74) is -2.77. The summed E-state index contributed by atoms with van der Waals surface area (Å²) in [6.45, 7) is 4.59. The molecule has 2 atom stereocenters. The Bertz CT molecular complexity index is 328. The molecule has 0 saturated heterocycles. The fourth-order valence-electron chi connectivity index (χ4n) is 2.73. The zero-order valence-electron chi connectivity index (χ0n) is 11.2. The third kappa shape index (κ3) is 2.82. The van der Waals surface area contributed by atoms with Crippen molar-refractivity contribution in [1.29, 1.82) is 0 Å². The highest BCUT2D eigenvalue weighted by molar-refractivity contribution is 5.75. The zero-order chi connectivity index (χ0) is 14.2. The number of carbonyl (C=O) groups is 1. The van der Waals surface area contributed by atoms with E-state index >= 15 is 0 Å². The number of alkyl halides is 2. The van der Waals surface area contributed by atoms with Crippen LogP contribution < -0.4 is 0 Å². The average Bonchev–Trinajstić information content (AvgIpc) is 2.57. The van der Waals surface area contributed by atoms with Gasteiger partial charge in [-0.1, -0.05) is 6.92 Å². The van der Waals surface area contributed by atoms with Crippen LogP contribution in [0.4, 0.5) is 8.78 Å². The molecule has 0 bridgehead atoms. The van der Waals surface area contributed by atoms with Crippen molar-refractivity contribution in [3.8, 4) is 0 Å². The van der Waals surface area contributed by atoms with Gasteiger partial charge in [0.2, 0.25) is 5.92 Å². The molecule has 1 aliphatic rings. The van der Waals surface area contributed by atoms with Gasteiger partial charge >= 0.3 is 5.97 Å². The normalized spacial score (nSPS) is 26.9. The summed E-state index contributed by atoms with van der Waals surface area (Å²) in [4.78, 5) is 11.2. The molecule has 106 valence electrons. The van der Waals surface area contributed by atoms with Crippen LogP contribution in [-0.2, 0) is 4.79 Å². The van der Waals surface area contributed by atoms with Crippen molar-refractivity contribution in [3.05, 3.63) is 0 Å². The fraction of sp³-hybridized carbons (Fsp3) is 0.923. The van der Waals surface area contributed by atoms with E-state index in [1.54, 1.807) is 6.92 Å². The lowest BCUT2D eigenvalue weighted by atomic mass is 9.68. The van der Waals surface area contributed by atoms with Crippen molar-refractivity contribution in [2.45, 2.75) is 64.4 Å². The third-order valence-electron chi connectivity index (χ3n) is 4.41. The van der Waals surface area contributed by atoms with Crippen LogP contribution in [0.5, 0.6) is 0 Å². The van der Waals surface area contributed by atoms with E-state index in [1.807, 2.05) is 0 Å². The van der Waals surface area contributed by atoms with Crippen molar-refractivity contribution < 1.29 is 23.8 Å². The van der Waals surface area contributed by atoms with Crippen LogP contribution in [-0.4, -0.2) is 27.7 Å². The molecule has 2 N–H and O–H groups in total. The highest BCUT2D eigenvalue weighted by atomic mass is 19.3. The van der Waals surface area contributed by atoms with Crippen molar-refractivity contribution in [2.75, 3.05) is 0 Å². The molecular weight excluding hydrogens is 242 g/mol. The number of aliphatic hydroxyl groups is 1. The molecule has 0 amide bonds. The minimum atomic E-state index is -2.66. The van der Waals surface area contributed by atoms with Gasteiger partial charge in [-0.15, -0.1) is 0 Å². The summed E-state index contributed by atoms with van der Waals surface area (Å²) in [6, 6.07) is 0. The smallest absolute Gasteiger partial charge is 0.312 e. The first kappa shape index (κ1) is 15.3. The molecule has 0 aromatic rings. The number of rotatable bonds is 5. The predicted octanol–water partition coefficient (Wildman–Crippen LogP) is 3.06. The lowest BCUT2D eigenvalue weighted by Gasteiger charge is -2.40.